The first-order valence-electron chi connectivity index (χ1n) is 13.6. The molecule has 6 aliphatic rings. The summed E-state index contributed by atoms with van der Waals surface area (Å²) >= 11 is 1.37. The van der Waals surface area contributed by atoms with Gasteiger partial charge in [0, 0.05) is 18.7 Å². The van der Waals surface area contributed by atoms with E-state index in [0.29, 0.717) is 48.4 Å². The highest BCUT2D eigenvalue weighted by Crippen LogP contribution is 2.62. The Kier molecular flexibility index (Phi) is 5.33. The standard InChI is InChI=1S/C28H26F2N4O7S/c1-37-18-4-3-16-22(42-25(32-16)34-13-5-14(34)9-39-8-13)21(18)24(36)31-17-7-20-19(40-28(29,30)41-20)6-15(17)23(35)33-26-10-27(11-26,12-26)38-2/h3-4,6-7,13-14H,5,8-12H2,1-2H3,(H,31,36)(H,33,35). The number of alkyl halides is 2. The second-order valence-electron chi connectivity index (χ2n) is 11.6. The van der Waals surface area contributed by atoms with E-state index in [0.717, 1.165) is 17.6 Å². The Morgan fingerprint density at radius 1 is 1.07 bits per heavy atom. The van der Waals surface area contributed by atoms with Crippen LogP contribution in [0.1, 0.15) is 46.4 Å². The molecule has 3 saturated carbocycles. The van der Waals surface area contributed by atoms with Crippen molar-refractivity contribution in [3.8, 4) is 17.2 Å². The lowest BCUT2D eigenvalue weighted by atomic mass is 9.46. The van der Waals surface area contributed by atoms with E-state index in [-0.39, 0.29) is 46.0 Å². The second kappa shape index (κ2) is 8.64. The van der Waals surface area contributed by atoms with Crippen molar-refractivity contribution < 1.29 is 42.1 Å². The number of aromatic nitrogens is 1. The van der Waals surface area contributed by atoms with Gasteiger partial charge in [-0.3, -0.25) is 9.59 Å². The fraction of sp³-hybridized carbons (Fsp3) is 0.464. The smallest absolute Gasteiger partial charge is 0.496 e. The number of amides is 2. The number of carbonyl (C=O) groups is 2. The van der Waals surface area contributed by atoms with Gasteiger partial charge in [-0.2, -0.15) is 0 Å². The summed E-state index contributed by atoms with van der Waals surface area (Å²) in [5, 5.41) is 6.54. The summed E-state index contributed by atoms with van der Waals surface area (Å²) in [5.41, 5.74) is 0.143. The predicted molar refractivity (Wildman–Crippen MR) is 146 cm³/mol. The van der Waals surface area contributed by atoms with Crippen LogP contribution < -0.4 is 29.7 Å². The lowest BCUT2D eigenvalue weighted by molar-refractivity contribution is -0.286. The molecule has 3 aromatic rings. The van der Waals surface area contributed by atoms with Crippen molar-refractivity contribution in [2.75, 3.05) is 37.7 Å². The van der Waals surface area contributed by atoms with E-state index < -0.39 is 23.6 Å². The first-order chi connectivity index (χ1) is 20.1. The molecule has 2 unspecified atom stereocenters. The molecule has 4 heterocycles. The molecule has 14 heteroatoms. The van der Waals surface area contributed by atoms with Crippen LogP contribution in [0.25, 0.3) is 10.2 Å². The Labute approximate surface area is 242 Å². The van der Waals surface area contributed by atoms with Crippen LogP contribution in [0.4, 0.5) is 19.6 Å². The molecule has 220 valence electrons. The summed E-state index contributed by atoms with van der Waals surface area (Å²) in [6, 6.07) is 6.27. The Balaban J connectivity index is 1.13. The molecule has 1 aromatic heterocycles. The summed E-state index contributed by atoms with van der Waals surface area (Å²) < 4.78 is 54.3. The van der Waals surface area contributed by atoms with Crippen molar-refractivity contribution >= 4 is 44.2 Å². The topological polar surface area (TPSA) is 120 Å². The van der Waals surface area contributed by atoms with Crippen molar-refractivity contribution in [2.24, 2.45) is 0 Å². The lowest BCUT2D eigenvalue weighted by Crippen LogP contribution is -2.79. The number of methoxy groups -OCH3 is 2. The van der Waals surface area contributed by atoms with E-state index in [4.69, 9.17) is 19.2 Å². The highest BCUT2D eigenvalue weighted by Gasteiger charge is 2.69. The van der Waals surface area contributed by atoms with Crippen molar-refractivity contribution in [1.29, 1.82) is 0 Å². The summed E-state index contributed by atoms with van der Waals surface area (Å²) in [7, 11) is 3.09. The number of fused-ring (bicyclic) bond motifs is 4. The average molecular weight is 601 g/mol. The Morgan fingerprint density at radius 3 is 2.45 bits per heavy atom. The molecule has 2 aromatic carbocycles. The number of morpholine rings is 1. The Morgan fingerprint density at radius 2 is 1.79 bits per heavy atom. The zero-order chi connectivity index (χ0) is 29.0. The van der Waals surface area contributed by atoms with Crippen LogP contribution in [0.2, 0.25) is 0 Å². The largest absolute Gasteiger partial charge is 0.586 e. The normalized spacial score (nSPS) is 29.3. The Bertz CT molecular complexity index is 1650. The van der Waals surface area contributed by atoms with Gasteiger partial charge in [-0.05, 0) is 43.9 Å². The molecule has 3 aliphatic heterocycles. The van der Waals surface area contributed by atoms with Crippen LogP contribution in [-0.2, 0) is 9.47 Å². The van der Waals surface area contributed by atoms with Crippen molar-refractivity contribution in [3.05, 3.63) is 35.4 Å². The third-order valence-corrected chi connectivity index (χ3v) is 10.1. The molecule has 11 nitrogen and oxygen atoms in total. The fourth-order valence-corrected chi connectivity index (χ4v) is 8.18. The van der Waals surface area contributed by atoms with Gasteiger partial charge < -0.3 is 39.2 Å². The number of rotatable bonds is 7. The molecule has 9 rings (SSSR count). The molecular weight excluding hydrogens is 574 g/mol. The van der Waals surface area contributed by atoms with E-state index >= 15 is 0 Å². The van der Waals surface area contributed by atoms with Gasteiger partial charge in [-0.25, -0.2) is 4.98 Å². The summed E-state index contributed by atoms with van der Waals surface area (Å²) in [4.78, 5) is 34.4. The minimum atomic E-state index is -3.90. The SMILES string of the molecule is COc1ccc2nc(N3C4COCC3C4)sc2c1C(=O)Nc1cc2c(cc1C(=O)NC13CC(OC)(C1)C3)OC(F)(F)O2. The quantitative estimate of drug-likeness (QED) is 0.416. The molecule has 2 atom stereocenters. The van der Waals surface area contributed by atoms with Gasteiger partial charge in [0.2, 0.25) is 0 Å². The van der Waals surface area contributed by atoms with Crippen LogP contribution in [0.5, 0.6) is 17.2 Å². The first-order valence-corrected chi connectivity index (χ1v) is 14.4. The number of hydrogen-bond acceptors (Lipinski definition) is 10. The highest BCUT2D eigenvalue weighted by molar-refractivity contribution is 7.22. The summed E-state index contributed by atoms with van der Waals surface area (Å²) in [5.74, 6) is -1.42. The van der Waals surface area contributed by atoms with Crippen molar-refractivity contribution in [1.82, 2.24) is 10.3 Å². The van der Waals surface area contributed by atoms with E-state index in [2.05, 4.69) is 25.0 Å². The number of anilines is 2. The zero-order valence-electron chi connectivity index (χ0n) is 22.6. The van der Waals surface area contributed by atoms with Gasteiger partial charge in [0.1, 0.15) is 11.3 Å². The number of nitrogens with one attached hydrogen (secondary N) is 2. The predicted octanol–water partition coefficient (Wildman–Crippen LogP) is 3.91. The molecule has 4 bridgehead atoms. The number of halogens is 2. The second-order valence-corrected chi connectivity index (χ2v) is 12.6. The van der Waals surface area contributed by atoms with Crippen LogP contribution in [0.3, 0.4) is 0 Å². The lowest BCUT2D eigenvalue weighted by Gasteiger charge is -2.69. The molecule has 0 radical (unpaired) electrons. The van der Waals surface area contributed by atoms with E-state index in [1.807, 2.05) is 0 Å². The van der Waals surface area contributed by atoms with Gasteiger partial charge in [-0.15, -0.1) is 8.78 Å². The molecule has 42 heavy (non-hydrogen) atoms. The van der Waals surface area contributed by atoms with Crippen LogP contribution in [0.15, 0.2) is 24.3 Å². The maximum absolute atomic E-state index is 13.9. The third-order valence-electron chi connectivity index (χ3n) is 8.96. The molecule has 3 aliphatic carbocycles. The summed E-state index contributed by atoms with van der Waals surface area (Å²) in [6.45, 7) is 1.26. The maximum atomic E-state index is 13.9. The third kappa shape index (κ3) is 3.77. The minimum Gasteiger partial charge on any atom is -0.496 e. The molecular formula is C28H26F2N4O7S. The fourth-order valence-electron chi connectivity index (χ4n) is 6.93. The monoisotopic (exact) mass is 600 g/mol. The zero-order valence-corrected chi connectivity index (χ0v) is 23.4. The van der Waals surface area contributed by atoms with E-state index in [1.165, 1.54) is 24.5 Å². The number of hydrogen-bond donors (Lipinski definition) is 2. The van der Waals surface area contributed by atoms with Gasteiger partial charge >= 0.3 is 6.29 Å². The minimum absolute atomic E-state index is 0.0104. The number of carbonyl (C=O) groups excluding carboxylic acids is 2. The van der Waals surface area contributed by atoms with Crippen molar-refractivity contribution in [3.63, 3.8) is 0 Å². The Hall–Kier alpha value is -3.75. The molecule has 2 N–H and O–H groups in total. The molecule has 2 saturated heterocycles. The van der Waals surface area contributed by atoms with Crippen molar-refractivity contribution in [2.45, 2.75) is 55.2 Å². The number of nitrogens with zero attached hydrogens (tertiary/aromatic N) is 2. The highest BCUT2D eigenvalue weighted by atomic mass is 32.1. The number of ether oxygens (including phenoxy) is 5. The maximum Gasteiger partial charge on any atom is 0.586 e. The van der Waals surface area contributed by atoms with Crippen LogP contribution >= 0.6 is 11.3 Å². The van der Waals surface area contributed by atoms with E-state index in [9.17, 15) is 18.4 Å². The first kappa shape index (κ1) is 25.9. The molecule has 5 fully saturated rings. The number of thiazole rings is 1. The number of benzene rings is 2. The van der Waals surface area contributed by atoms with Gasteiger partial charge in [0.15, 0.2) is 16.6 Å². The van der Waals surface area contributed by atoms with Gasteiger partial charge in [0.25, 0.3) is 11.8 Å². The van der Waals surface area contributed by atoms with Crippen LogP contribution in [-0.4, -0.2) is 73.8 Å². The van der Waals surface area contributed by atoms with E-state index in [1.54, 1.807) is 19.2 Å². The van der Waals surface area contributed by atoms with Crippen LogP contribution in [0, 0.1) is 0 Å². The average Bonchev–Trinajstić information content (AvgIpc) is 3.46. The van der Waals surface area contributed by atoms with Gasteiger partial charge in [-0.1, -0.05) is 11.3 Å². The molecule has 2 amide bonds. The van der Waals surface area contributed by atoms with Gasteiger partial charge in [0.05, 0.1) is 59.5 Å². The summed E-state index contributed by atoms with van der Waals surface area (Å²) in [6.07, 6.45) is -0.890. The molecule has 0 spiro atoms.